The molecular formula is C20H18N7OP. The van der Waals surface area contributed by atoms with Gasteiger partial charge in [0.1, 0.15) is 12.8 Å². The van der Waals surface area contributed by atoms with E-state index in [1.165, 1.54) is 0 Å². The maximum Gasteiger partial charge on any atom is 0.221 e. The van der Waals surface area contributed by atoms with Gasteiger partial charge in [-0.05, 0) is 25.0 Å². The minimum Gasteiger partial charge on any atom is -0.319 e. The van der Waals surface area contributed by atoms with Crippen molar-refractivity contribution >= 4 is 29.4 Å². The van der Waals surface area contributed by atoms with Gasteiger partial charge in [0.2, 0.25) is 5.65 Å². The minimum atomic E-state index is -2.29. The van der Waals surface area contributed by atoms with E-state index < -0.39 is 7.14 Å². The van der Waals surface area contributed by atoms with Crippen LogP contribution in [0.3, 0.4) is 0 Å². The van der Waals surface area contributed by atoms with Crippen LogP contribution in [0.4, 0.5) is 0 Å². The van der Waals surface area contributed by atoms with E-state index in [4.69, 9.17) is 4.98 Å². The molecule has 4 aromatic heterocycles. The average Bonchev–Trinajstić information content (AvgIpc) is 3.34. The van der Waals surface area contributed by atoms with Crippen molar-refractivity contribution in [3.05, 3.63) is 66.7 Å². The Balaban J connectivity index is 1.50. The zero-order valence-electron chi connectivity index (χ0n) is 16.0. The molecule has 0 saturated carbocycles. The standard InChI is InChI=1S/C20H18N7OP/c1-29(2,28)16-6-4-15(5-7-16)17-11-22-19-20(23-17)27(25-24-19)13-14-3-8-18-21-9-10-26(18)12-14/h3-12H,13H2,1-2H3. The molecule has 0 aliphatic carbocycles. The summed E-state index contributed by atoms with van der Waals surface area (Å²) in [6.45, 7) is 4.05. The van der Waals surface area contributed by atoms with Crippen molar-refractivity contribution in [2.75, 3.05) is 13.3 Å². The van der Waals surface area contributed by atoms with Crippen molar-refractivity contribution in [1.82, 2.24) is 34.3 Å². The summed E-state index contributed by atoms with van der Waals surface area (Å²) in [5, 5.41) is 9.20. The summed E-state index contributed by atoms with van der Waals surface area (Å²) in [7, 11) is -2.29. The lowest BCUT2D eigenvalue weighted by atomic mass is 10.2. The summed E-state index contributed by atoms with van der Waals surface area (Å²) < 4.78 is 15.9. The summed E-state index contributed by atoms with van der Waals surface area (Å²) in [4.78, 5) is 13.4. The molecule has 0 saturated heterocycles. The first-order valence-electron chi connectivity index (χ1n) is 9.11. The second kappa shape index (κ2) is 6.60. The lowest BCUT2D eigenvalue weighted by Gasteiger charge is -2.08. The SMILES string of the molecule is CP(C)(=O)c1ccc(-c2cnc3nnn(Cc4ccc5nccn5c4)c3n2)cc1. The highest BCUT2D eigenvalue weighted by Gasteiger charge is 2.13. The zero-order valence-corrected chi connectivity index (χ0v) is 16.9. The number of rotatable bonds is 4. The Morgan fingerprint density at radius 1 is 1.03 bits per heavy atom. The number of hydrogen-bond donors (Lipinski definition) is 0. The van der Waals surface area contributed by atoms with Gasteiger partial charge in [-0.15, -0.1) is 5.10 Å². The van der Waals surface area contributed by atoms with E-state index in [-0.39, 0.29) is 0 Å². The third-order valence-corrected chi connectivity index (χ3v) is 6.34. The summed E-state index contributed by atoms with van der Waals surface area (Å²) in [5.74, 6) is 0. The second-order valence-corrected chi connectivity index (χ2v) is 10.5. The van der Waals surface area contributed by atoms with E-state index in [1.54, 1.807) is 30.4 Å². The van der Waals surface area contributed by atoms with E-state index in [1.807, 2.05) is 53.2 Å². The predicted molar refractivity (Wildman–Crippen MR) is 112 cm³/mol. The largest absolute Gasteiger partial charge is 0.319 e. The molecule has 0 unspecified atom stereocenters. The fraction of sp³-hybridized carbons (Fsp3) is 0.150. The molecule has 0 aliphatic heterocycles. The van der Waals surface area contributed by atoms with Crippen LogP contribution in [0.15, 0.2) is 61.2 Å². The molecule has 9 heteroatoms. The molecule has 0 spiro atoms. The van der Waals surface area contributed by atoms with Gasteiger partial charge in [-0.25, -0.2) is 19.6 Å². The first-order valence-corrected chi connectivity index (χ1v) is 11.7. The Morgan fingerprint density at radius 2 is 1.86 bits per heavy atom. The topological polar surface area (TPSA) is 90.9 Å². The average molecular weight is 403 g/mol. The van der Waals surface area contributed by atoms with Crippen molar-refractivity contribution in [2.45, 2.75) is 6.54 Å². The van der Waals surface area contributed by atoms with Gasteiger partial charge in [-0.2, -0.15) is 0 Å². The lowest BCUT2D eigenvalue weighted by molar-refractivity contribution is 0.588. The van der Waals surface area contributed by atoms with E-state index in [2.05, 4.69) is 20.3 Å². The molecule has 29 heavy (non-hydrogen) atoms. The number of nitrogens with zero attached hydrogens (tertiary/aromatic N) is 7. The minimum absolute atomic E-state index is 0.501. The number of hydrogen-bond acceptors (Lipinski definition) is 6. The maximum atomic E-state index is 12.2. The van der Waals surface area contributed by atoms with Gasteiger partial charge in [0.15, 0.2) is 5.65 Å². The van der Waals surface area contributed by atoms with Crippen molar-refractivity contribution in [2.24, 2.45) is 0 Å². The van der Waals surface area contributed by atoms with Crippen molar-refractivity contribution in [1.29, 1.82) is 0 Å². The lowest BCUT2D eigenvalue weighted by Crippen LogP contribution is -2.05. The Morgan fingerprint density at radius 3 is 2.66 bits per heavy atom. The fourth-order valence-corrected chi connectivity index (χ4v) is 4.09. The van der Waals surface area contributed by atoms with Crippen LogP contribution in [0, 0.1) is 0 Å². The van der Waals surface area contributed by atoms with Crippen molar-refractivity contribution < 1.29 is 4.57 Å². The number of benzene rings is 1. The van der Waals surface area contributed by atoms with E-state index in [0.717, 1.165) is 27.8 Å². The smallest absolute Gasteiger partial charge is 0.221 e. The molecule has 144 valence electrons. The van der Waals surface area contributed by atoms with E-state index >= 15 is 0 Å². The van der Waals surface area contributed by atoms with Crippen molar-refractivity contribution in [3.63, 3.8) is 0 Å². The van der Waals surface area contributed by atoms with Crippen LogP contribution in [0.2, 0.25) is 0 Å². The molecule has 1 aromatic carbocycles. The van der Waals surface area contributed by atoms with Crippen LogP contribution in [-0.2, 0) is 11.1 Å². The molecule has 0 N–H and O–H groups in total. The Bertz CT molecular complexity index is 1380. The molecular weight excluding hydrogens is 385 g/mol. The monoisotopic (exact) mass is 403 g/mol. The molecule has 0 aliphatic rings. The summed E-state index contributed by atoms with van der Waals surface area (Å²) in [6, 6.07) is 11.6. The highest BCUT2D eigenvalue weighted by molar-refractivity contribution is 7.70. The molecule has 5 rings (SSSR count). The van der Waals surface area contributed by atoms with Crippen LogP contribution in [0.25, 0.3) is 28.2 Å². The summed E-state index contributed by atoms with van der Waals surface area (Å²) in [5.41, 5.74) is 4.70. The molecule has 0 radical (unpaired) electrons. The van der Waals surface area contributed by atoms with Crippen LogP contribution in [-0.4, -0.2) is 47.7 Å². The fourth-order valence-electron chi connectivity index (χ4n) is 3.22. The van der Waals surface area contributed by atoms with Gasteiger partial charge < -0.3 is 8.97 Å². The molecule has 0 atom stereocenters. The molecule has 5 aromatic rings. The van der Waals surface area contributed by atoms with Gasteiger partial charge in [0.05, 0.1) is 18.4 Å². The third kappa shape index (κ3) is 3.32. The quantitative estimate of drug-likeness (QED) is 0.429. The number of fused-ring (bicyclic) bond motifs is 2. The highest BCUT2D eigenvalue weighted by atomic mass is 31.2. The zero-order chi connectivity index (χ0) is 20.0. The molecule has 0 amide bonds. The van der Waals surface area contributed by atoms with E-state index in [9.17, 15) is 4.57 Å². The first kappa shape index (κ1) is 17.7. The van der Waals surface area contributed by atoms with Gasteiger partial charge >= 0.3 is 0 Å². The maximum absolute atomic E-state index is 12.2. The number of aromatic nitrogens is 7. The third-order valence-electron chi connectivity index (χ3n) is 4.79. The van der Waals surface area contributed by atoms with Gasteiger partial charge in [-0.3, -0.25) is 0 Å². The van der Waals surface area contributed by atoms with Gasteiger partial charge in [0.25, 0.3) is 0 Å². The highest BCUT2D eigenvalue weighted by Crippen LogP contribution is 2.34. The summed E-state index contributed by atoms with van der Waals surface area (Å²) >= 11 is 0. The van der Waals surface area contributed by atoms with Gasteiger partial charge in [0, 0.05) is 29.5 Å². The summed E-state index contributed by atoms with van der Waals surface area (Å²) in [6.07, 6.45) is 7.37. The van der Waals surface area contributed by atoms with Crippen molar-refractivity contribution in [3.8, 4) is 11.3 Å². The number of pyridine rings is 1. The van der Waals surface area contributed by atoms with Crippen LogP contribution in [0.1, 0.15) is 5.56 Å². The van der Waals surface area contributed by atoms with Gasteiger partial charge in [-0.1, -0.05) is 35.5 Å². The Labute approximate surface area is 166 Å². The van der Waals surface area contributed by atoms with Crippen LogP contribution in [0.5, 0.6) is 0 Å². The Hall–Kier alpha value is -3.38. The molecule has 4 heterocycles. The van der Waals surface area contributed by atoms with E-state index in [0.29, 0.717) is 17.8 Å². The van der Waals surface area contributed by atoms with Crippen LogP contribution >= 0.6 is 7.14 Å². The van der Waals surface area contributed by atoms with Crippen LogP contribution < -0.4 is 5.30 Å². The Kier molecular flexibility index (Phi) is 4.03. The molecule has 0 fully saturated rings. The molecule has 0 bridgehead atoms. The predicted octanol–water partition coefficient (Wildman–Crippen LogP) is 2.83. The second-order valence-electron chi connectivity index (χ2n) is 7.28. The first-order chi connectivity index (χ1) is 14.0. The molecule has 8 nitrogen and oxygen atoms in total. The number of imidazole rings is 1. The normalized spacial score (nSPS) is 12.1.